The van der Waals surface area contributed by atoms with Crippen LogP contribution in [-0.2, 0) is 27.4 Å². The van der Waals surface area contributed by atoms with E-state index in [0.29, 0.717) is 19.7 Å². The number of rotatable bonds is 4. The summed E-state index contributed by atoms with van der Waals surface area (Å²) in [6.45, 7) is 6.56. The Morgan fingerprint density at radius 2 is 2.07 bits per heavy atom. The summed E-state index contributed by atoms with van der Waals surface area (Å²) in [5.74, 6) is 0.0383. The predicted octanol–water partition coefficient (Wildman–Crippen LogP) is -0.0291. The van der Waals surface area contributed by atoms with Crippen LogP contribution in [0.1, 0.15) is 24.2 Å². The zero-order chi connectivity index (χ0) is 21.4. The number of carbonyl (C=O) groups is 2. The van der Waals surface area contributed by atoms with Gasteiger partial charge < -0.3 is 14.7 Å². The third-order valence-corrected chi connectivity index (χ3v) is 5.39. The molecule has 11 nitrogen and oxygen atoms in total. The average molecular weight is 417 g/mol. The SMILES string of the molecule is Cc1cccc(CN2CCC3(CC2)CN(C(=O)Cn2cnnn2)CCO3)n1.O=CO. The fourth-order valence-electron chi connectivity index (χ4n) is 3.89. The minimum atomic E-state index is -0.250. The lowest BCUT2D eigenvalue weighted by atomic mass is 9.89. The van der Waals surface area contributed by atoms with Crippen LogP contribution < -0.4 is 0 Å². The number of amides is 1. The van der Waals surface area contributed by atoms with E-state index >= 15 is 0 Å². The first kappa shape index (κ1) is 21.8. The summed E-state index contributed by atoms with van der Waals surface area (Å²) in [5.41, 5.74) is 1.92. The van der Waals surface area contributed by atoms with E-state index in [9.17, 15) is 4.79 Å². The molecule has 0 aromatic carbocycles. The predicted molar refractivity (Wildman–Crippen MR) is 105 cm³/mol. The van der Waals surface area contributed by atoms with E-state index in [0.717, 1.165) is 43.9 Å². The topological polar surface area (TPSA) is 127 Å². The van der Waals surface area contributed by atoms with Crippen molar-refractivity contribution in [3.63, 3.8) is 0 Å². The van der Waals surface area contributed by atoms with Crippen LogP contribution in [0.4, 0.5) is 0 Å². The number of morpholine rings is 1. The standard InChI is InChI=1S/C18H25N7O2.CH2O2/c1-15-3-2-4-16(20-15)11-23-7-5-18(6-8-23)13-24(9-10-27-18)17(26)12-25-14-19-21-22-25;2-1-3/h2-4,14H,5-13H2,1H3;1H,(H,2,3). The summed E-state index contributed by atoms with van der Waals surface area (Å²) in [4.78, 5) is 29.8. The first-order valence-corrected chi connectivity index (χ1v) is 9.89. The first-order chi connectivity index (χ1) is 14.5. The molecule has 4 heterocycles. The van der Waals surface area contributed by atoms with E-state index in [-0.39, 0.29) is 24.5 Å². The molecule has 11 heteroatoms. The number of nitrogens with zero attached hydrogens (tertiary/aromatic N) is 7. The Hall–Kier alpha value is -2.92. The second-order valence-corrected chi connectivity index (χ2v) is 7.51. The average Bonchev–Trinajstić information content (AvgIpc) is 3.24. The monoisotopic (exact) mass is 417 g/mol. The number of carboxylic acid groups (broad SMARTS) is 1. The summed E-state index contributed by atoms with van der Waals surface area (Å²) in [6.07, 6.45) is 3.31. The number of ether oxygens (including phenoxy) is 1. The van der Waals surface area contributed by atoms with Crippen molar-refractivity contribution in [2.24, 2.45) is 0 Å². The second-order valence-electron chi connectivity index (χ2n) is 7.51. The highest BCUT2D eigenvalue weighted by atomic mass is 16.5. The summed E-state index contributed by atoms with van der Waals surface area (Å²) in [5, 5.41) is 17.8. The van der Waals surface area contributed by atoms with Crippen molar-refractivity contribution >= 4 is 12.4 Å². The number of aryl methyl sites for hydroxylation is 1. The molecule has 1 spiro atoms. The van der Waals surface area contributed by atoms with Crippen LogP contribution >= 0.6 is 0 Å². The molecule has 0 atom stereocenters. The zero-order valence-electron chi connectivity index (χ0n) is 17.1. The van der Waals surface area contributed by atoms with Crippen molar-refractivity contribution in [2.45, 2.75) is 38.5 Å². The van der Waals surface area contributed by atoms with Gasteiger partial charge in [0.2, 0.25) is 5.91 Å². The van der Waals surface area contributed by atoms with Gasteiger partial charge in [-0.05, 0) is 42.3 Å². The van der Waals surface area contributed by atoms with Crippen molar-refractivity contribution in [1.29, 1.82) is 0 Å². The molecule has 2 saturated heterocycles. The van der Waals surface area contributed by atoms with Gasteiger partial charge in [0.1, 0.15) is 12.9 Å². The molecule has 1 amide bonds. The normalized spacial score (nSPS) is 18.5. The smallest absolute Gasteiger partial charge is 0.290 e. The van der Waals surface area contributed by atoms with E-state index in [4.69, 9.17) is 14.6 Å². The Morgan fingerprint density at radius 3 is 2.73 bits per heavy atom. The molecule has 0 radical (unpaired) electrons. The van der Waals surface area contributed by atoms with Gasteiger partial charge in [-0.1, -0.05) is 6.07 Å². The van der Waals surface area contributed by atoms with Crippen LogP contribution in [0.3, 0.4) is 0 Å². The third kappa shape index (κ3) is 5.80. The van der Waals surface area contributed by atoms with Crippen molar-refractivity contribution in [3.05, 3.63) is 35.9 Å². The molecule has 162 valence electrons. The highest BCUT2D eigenvalue weighted by Gasteiger charge is 2.41. The van der Waals surface area contributed by atoms with E-state index in [1.807, 2.05) is 17.9 Å². The maximum absolute atomic E-state index is 12.6. The van der Waals surface area contributed by atoms with Gasteiger partial charge in [0.15, 0.2) is 0 Å². The maximum Gasteiger partial charge on any atom is 0.290 e. The molecule has 0 saturated carbocycles. The summed E-state index contributed by atoms with van der Waals surface area (Å²) < 4.78 is 7.62. The molecular formula is C19H27N7O4. The Labute approximate surface area is 174 Å². The lowest BCUT2D eigenvalue weighted by Crippen LogP contribution is -2.58. The minimum Gasteiger partial charge on any atom is -0.483 e. The van der Waals surface area contributed by atoms with Crippen LogP contribution in [0.25, 0.3) is 0 Å². The number of hydrogen-bond acceptors (Lipinski definition) is 8. The fraction of sp³-hybridized carbons (Fsp3) is 0.579. The molecule has 0 unspecified atom stereocenters. The van der Waals surface area contributed by atoms with E-state index in [1.54, 1.807) is 0 Å². The number of piperidine rings is 1. The van der Waals surface area contributed by atoms with Crippen LogP contribution in [0, 0.1) is 6.92 Å². The largest absolute Gasteiger partial charge is 0.483 e. The second kappa shape index (κ2) is 10.2. The number of likely N-dealkylation sites (tertiary alicyclic amines) is 1. The molecule has 4 rings (SSSR count). The molecule has 0 bridgehead atoms. The van der Waals surface area contributed by atoms with Gasteiger partial charge >= 0.3 is 0 Å². The van der Waals surface area contributed by atoms with Crippen LogP contribution in [-0.4, -0.2) is 90.9 Å². The van der Waals surface area contributed by atoms with E-state index in [1.165, 1.54) is 11.0 Å². The molecule has 2 fully saturated rings. The van der Waals surface area contributed by atoms with Crippen LogP contribution in [0.5, 0.6) is 0 Å². The minimum absolute atomic E-state index is 0.0383. The molecule has 2 aromatic rings. The summed E-state index contributed by atoms with van der Waals surface area (Å²) in [7, 11) is 0. The van der Waals surface area contributed by atoms with Gasteiger partial charge in [-0.2, -0.15) is 0 Å². The van der Waals surface area contributed by atoms with E-state index in [2.05, 4.69) is 37.5 Å². The summed E-state index contributed by atoms with van der Waals surface area (Å²) >= 11 is 0. The third-order valence-electron chi connectivity index (χ3n) is 5.39. The fourth-order valence-corrected chi connectivity index (χ4v) is 3.89. The molecule has 2 aliphatic rings. The highest BCUT2D eigenvalue weighted by molar-refractivity contribution is 5.76. The van der Waals surface area contributed by atoms with Crippen LogP contribution in [0.15, 0.2) is 24.5 Å². The lowest BCUT2D eigenvalue weighted by molar-refractivity contribution is -0.160. The Balaban J connectivity index is 0.000000806. The van der Waals surface area contributed by atoms with Crippen LogP contribution in [0.2, 0.25) is 0 Å². The molecule has 2 aromatic heterocycles. The number of tetrazole rings is 1. The van der Waals surface area contributed by atoms with Crippen molar-refractivity contribution < 1.29 is 19.4 Å². The van der Waals surface area contributed by atoms with Gasteiger partial charge in [0.05, 0.1) is 17.9 Å². The maximum atomic E-state index is 12.6. The van der Waals surface area contributed by atoms with Crippen molar-refractivity contribution in [1.82, 2.24) is 35.0 Å². The Kier molecular flexibility index (Phi) is 7.41. The van der Waals surface area contributed by atoms with Gasteiger partial charge in [-0.15, -0.1) is 5.10 Å². The van der Waals surface area contributed by atoms with Gasteiger partial charge in [-0.25, -0.2) is 4.68 Å². The number of carbonyl (C=O) groups excluding carboxylic acids is 1. The Bertz CT molecular complexity index is 822. The molecule has 0 aliphatic carbocycles. The molecule has 2 aliphatic heterocycles. The van der Waals surface area contributed by atoms with Gasteiger partial charge in [0, 0.05) is 38.4 Å². The molecule has 1 N–H and O–H groups in total. The summed E-state index contributed by atoms with van der Waals surface area (Å²) in [6, 6.07) is 6.15. The first-order valence-electron chi connectivity index (χ1n) is 9.89. The van der Waals surface area contributed by atoms with Gasteiger partial charge in [0.25, 0.3) is 6.47 Å². The van der Waals surface area contributed by atoms with Crippen molar-refractivity contribution in [3.8, 4) is 0 Å². The highest BCUT2D eigenvalue weighted by Crippen LogP contribution is 2.30. The lowest BCUT2D eigenvalue weighted by Gasteiger charge is -2.47. The van der Waals surface area contributed by atoms with Gasteiger partial charge in [-0.3, -0.25) is 19.5 Å². The quantitative estimate of drug-likeness (QED) is 0.682. The number of hydrogen-bond donors (Lipinski definition) is 1. The van der Waals surface area contributed by atoms with E-state index < -0.39 is 0 Å². The van der Waals surface area contributed by atoms with Crippen molar-refractivity contribution in [2.75, 3.05) is 32.8 Å². The number of pyridine rings is 1. The Morgan fingerprint density at radius 1 is 1.30 bits per heavy atom. The molecule has 30 heavy (non-hydrogen) atoms. The zero-order valence-corrected chi connectivity index (χ0v) is 17.1. The number of aromatic nitrogens is 5. The molecular weight excluding hydrogens is 390 g/mol.